The van der Waals surface area contributed by atoms with Crippen LogP contribution in [0.4, 0.5) is 0 Å². The van der Waals surface area contributed by atoms with Gasteiger partial charge >= 0.3 is 5.97 Å². The van der Waals surface area contributed by atoms with Crippen molar-refractivity contribution in [2.75, 3.05) is 33.7 Å². The molecule has 2 rings (SSSR count). The summed E-state index contributed by atoms with van der Waals surface area (Å²) in [6, 6.07) is 0. The molecule has 15 heteroatoms. The lowest BCUT2D eigenvalue weighted by molar-refractivity contribution is -0.306. The maximum absolute atomic E-state index is 11.9. The Hall–Kier alpha value is -1.05. The monoisotopic (exact) mass is 628 g/mol. The summed E-state index contributed by atoms with van der Waals surface area (Å²) in [5.41, 5.74) is 0. The highest BCUT2D eigenvalue weighted by Gasteiger charge is 2.44. The smallest absolute Gasteiger partial charge is 0.333 e. The molecular formula is C28H52O15. The molecule has 0 aromatic rings. The molecule has 15 nitrogen and oxygen atoms in total. The van der Waals surface area contributed by atoms with Crippen LogP contribution in [0.2, 0.25) is 0 Å². The van der Waals surface area contributed by atoms with Gasteiger partial charge in [-0.05, 0) is 26.7 Å². The van der Waals surface area contributed by atoms with Gasteiger partial charge in [-0.2, -0.15) is 0 Å². The normalized spacial score (nSPS) is 33.7. The second kappa shape index (κ2) is 19.5. The Morgan fingerprint density at radius 2 is 1.63 bits per heavy atom. The average molecular weight is 629 g/mol. The van der Waals surface area contributed by atoms with Gasteiger partial charge in [-0.3, -0.25) is 0 Å². The molecule has 2 aliphatic rings. The number of rotatable bonds is 19. The molecule has 0 aromatic heterocycles. The number of ether oxygens (including phenoxy) is 8. The Balaban J connectivity index is 1.99. The molecule has 2 fully saturated rings. The average Bonchev–Trinajstić information content (AvgIpc) is 3.13. The number of carboxylic acids is 1. The number of methoxy groups -OCH3 is 1. The lowest BCUT2D eigenvalue weighted by Crippen LogP contribution is -2.54. The van der Waals surface area contributed by atoms with Crippen LogP contribution < -0.4 is 0 Å². The van der Waals surface area contributed by atoms with Crippen molar-refractivity contribution in [2.24, 2.45) is 0 Å². The second-order valence-corrected chi connectivity index (χ2v) is 11.0. The highest BCUT2D eigenvalue weighted by atomic mass is 16.7. The first kappa shape index (κ1) is 38.1. The van der Waals surface area contributed by atoms with Crippen LogP contribution in [0.5, 0.6) is 0 Å². The molecule has 13 atom stereocenters. The van der Waals surface area contributed by atoms with E-state index in [1.165, 1.54) is 7.11 Å². The summed E-state index contributed by atoms with van der Waals surface area (Å²) in [7, 11) is 1.42. The van der Waals surface area contributed by atoms with E-state index < -0.39 is 93.5 Å². The Bertz CT molecular complexity index is 770. The van der Waals surface area contributed by atoms with Crippen LogP contribution >= 0.6 is 0 Å². The number of carbonyl (C=O) groups is 1. The van der Waals surface area contributed by atoms with E-state index in [0.717, 1.165) is 6.42 Å². The summed E-state index contributed by atoms with van der Waals surface area (Å²) in [4.78, 5) is 11.9. The van der Waals surface area contributed by atoms with Crippen LogP contribution in [0.1, 0.15) is 59.8 Å². The minimum Gasteiger partial charge on any atom is -0.479 e. The van der Waals surface area contributed by atoms with E-state index in [9.17, 15) is 35.4 Å². The van der Waals surface area contributed by atoms with E-state index in [-0.39, 0.29) is 31.5 Å². The van der Waals surface area contributed by atoms with E-state index in [1.54, 1.807) is 13.8 Å². The maximum Gasteiger partial charge on any atom is 0.333 e. The summed E-state index contributed by atoms with van der Waals surface area (Å²) in [5.74, 6) is -1.33. The SMILES string of the molecule is CCC(OC)[C@H](O)C(CO)OCO[C@@H]1CC(C(=O)O)OC(O[C@@H]2C(CO)OC(OC(C)CO[C@H](C)CC)C[C@H]2O)C[C@H]1O. The number of hydrogen-bond acceptors (Lipinski definition) is 14. The van der Waals surface area contributed by atoms with Gasteiger partial charge in [-0.25, -0.2) is 4.79 Å². The van der Waals surface area contributed by atoms with Crippen LogP contribution in [0.15, 0.2) is 0 Å². The molecule has 0 radical (unpaired) electrons. The van der Waals surface area contributed by atoms with E-state index in [4.69, 9.17) is 37.9 Å². The minimum atomic E-state index is -1.44. The molecule has 0 bridgehead atoms. The molecule has 43 heavy (non-hydrogen) atoms. The Kier molecular flexibility index (Phi) is 17.3. The first-order chi connectivity index (χ1) is 20.5. The third-order valence-corrected chi connectivity index (χ3v) is 7.68. The number of carboxylic acid groups (broad SMARTS) is 1. The zero-order chi connectivity index (χ0) is 32.1. The van der Waals surface area contributed by atoms with Gasteiger partial charge in [0.25, 0.3) is 0 Å². The summed E-state index contributed by atoms with van der Waals surface area (Å²) in [6.07, 6.45) is -11.4. The Morgan fingerprint density at radius 3 is 2.21 bits per heavy atom. The van der Waals surface area contributed by atoms with Crippen molar-refractivity contribution in [3.05, 3.63) is 0 Å². The first-order valence-electron chi connectivity index (χ1n) is 15.0. The molecule has 2 heterocycles. The van der Waals surface area contributed by atoms with Crippen LogP contribution in [0.25, 0.3) is 0 Å². The molecule has 7 unspecified atom stereocenters. The largest absolute Gasteiger partial charge is 0.479 e. The zero-order valence-electron chi connectivity index (χ0n) is 25.7. The van der Waals surface area contributed by atoms with E-state index in [0.29, 0.717) is 13.0 Å². The molecular weight excluding hydrogens is 576 g/mol. The topological polar surface area (TPSA) is 212 Å². The van der Waals surface area contributed by atoms with Gasteiger partial charge in [0.2, 0.25) is 0 Å². The van der Waals surface area contributed by atoms with Crippen LogP contribution in [0.3, 0.4) is 0 Å². The second-order valence-electron chi connectivity index (χ2n) is 11.0. The number of aliphatic carboxylic acids is 1. The molecule has 0 aromatic carbocycles. The van der Waals surface area contributed by atoms with Crippen LogP contribution in [-0.4, -0.2) is 150 Å². The summed E-state index contributed by atoms with van der Waals surface area (Å²) < 4.78 is 45.1. The highest BCUT2D eigenvalue weighted by Crippen LogP contribution is 2.30. The quantitative estimate of drug-likeness (QED) is 0.0997. The summed E-state index contributed by atoms with van der Waals surface area (Å²) in [6.45, 7) is 6.36. The van der Waals surface area contributed by atoms with Crippen LogP contribution in [0, 0.1) is 0 Å². The predicted octanol–water partition coefficient (Wildman–Crippen LogP) is -0.483. The van der Waals surface area contributed by atoms with Crippen molar-refractivity contribution in [1.29, 1.82) is 0 Å². The predicted molar refractivity (Wildman–Crippen MR) is 148 cm³/mol. The lowest BCUT2D eigenvalue weighted by Gasteiger charge is -2.40. The van der Waals surface area contributed by atoms with Crippen molar-refractivity contribution >= 4 is 5.97 Å². The summed E-state index contributed by atoms with van der Waals surface area (Å²) >= 11 is 0. The van der Waals surface area contributed by atoms with Crippen molar-refractivity contribution in [3.8, 4) is 0 Å². The van der Waals surface area contributed by atoms with Gasteiger partial charge in [0.05, 0.1) is 56.4 Å². The molecule has 0 saturated carbocycles. The van der Waals surface area contributed by atoms with Gasteiger partial charge in [-0.15, -0.1) is 0 Å². The third-order valence-electron chi connectivity index (χ3n) is 7.68. The van der Waals surface area contributed by atoms with Gasteiger partial charge in [0, 0.05) is 26.4 Å². The first-order valence-corrected chi connectivity index (χ1v) is 15.0. The fourth-order valence-corrected chi connectivity index (χ4v) is 4.91. The van der Waals surface area contributed by atoms with Crippen molar-refractivity contribution in [3.63, 3.8) is 0 Å². The van der Waals surface area contributed by atoms with Crippen LogP contribution in [-0.2, 0) is 42.7 Å². The van der Waals surface area contributed by atoms with E-state index in [2.05, 4.69) is 0 Å². The Morgan fingerprint density at radius 1 is 0.930 bits per heavy atom. The summed E-state index contributed by atoms with van der Waals surface area (Å²) in [5, 5.41) is 61.4. The maximum atomic E-state index is 11.9. The lowest BCUT2D eigenvalue weighted by atomic mass is 10.0. The fourth-order valence-electron chi connectivity index (χ4n) is 4.91. The number of aliphatic hydroxyl groups excluding tert-OH is 5. The molecule has 0 aliphatic carbocycles. The Labute approximate surface area is 252 Å². The van der Waals surface area contributed by atoms with Crippen molar-refractivity contribution in [2.45, 2.75) is 140 Å². The van der Waals surface area contributed by atoms with E-state index in [1.807, 2.05) is 13.8 Å². The number of aliphatic hydroxyl groups is 5. The number of hydrogen-bond donors (Lipinski definition) is 6. The zero-order valence-corrected chi connectivity index (χ0v) is 25.7. The van der Waals surface area contributed by atoms with Gasteiger partial charge < -0.3 is 68.5 Å². The van der Waals surface area contributed by atoms with Gasteiger partial charge in [0.1, 0.15) is 31.2 Å². The molecule has 2 saturated heterocycles. The highest BCUT2D eigenvalue weighted by molar-refractivity contribution is 5.72. The van der Waals surface area contributed by atoms with E-state index >= 15 is 0 Å². The van der Waals surface area contributed by atoms with Crippen molar-refractivity contribution in [1.82, 2.24) is 0 Å². The fraction of sp³-hybridized carbons (Fsp3) is 0.964. The molecule has 254 valence electrons. The van der Waals surface area contributed by atoms with Crippen molar-refractivity contribution < 1.29 is 73.3 Å². The molecule has 6 N–H and O–H groups in total. The van der Waals surface area contributed by atoms with Gasteiger partial charge in [0.15, 0.2) is 18.7 Å². The van der Waals surface area contributed by atoms with Gasteiger partial charge in [-0.1, -0.05) is 13.8 Å². The molecule has 2 aliphatic heterocycles. The standard InChI is InChI=1S/C28H52O15/c1-6-15(3)37-13-16(4)40-24-9-18(32)27(23(12-30)42-24)43-25-8-17(31)20(10-21(41-25)28(34)35)38-14-39-22(11-29)26(33)19(7-2)36-5/h15-27,29-33H,6-14H2,1-5H3,(H,34,35)/t15-,16?,17-,18-,19?,20-,21?,22?,23?,24?,25?,26+,27+/m1/s1. The molecule has 0 amide bonds. The minimum absolute atomic E-state index is 0.00931. The molecule has 0 spiro atoms. The third kappa shape index (κ3) is 12.0.